The Kier molecular flexibility index (Phi) is 5.44. The maximum Gasteiger partial charge on any atom is 0.216 e. The summed E-state index contributed by atoms with van der Waals surface area (Å²) < 4.78 is 12.9. The molecule has 21 heavy (non-hydrogen) atoms. The van der Waals surface area contributed by atoms with Crippen molar-refractivity contribution in [2.75, 3.05) is 26.2 Å². The molecule has 0 bridgehead atoms. The molecule has 5 heteroatoms. The molecule has 1 aromatic carbocycles. The quantitative estimate of drug-likeness (QED) is 0.843. The van der Waals surface area contributed by atoms with Crippen LogP contribution >= 0.6 is 0 Å². The van der Waals surface area contributed by atoms with E-state index in [1.165, 1.54) is 19.1 Å². The highest BCUT2D eigenvalue weighted by atomic mass is 19.1. The number of benzene rings is 1. The van der Waals surface area contributed by atoms with Gasteiger partial charge >= 0.3 is 0 Å². The van der Waals surface area contributed by atoms with Crippen LogP contribution < -0.4 is 5.32 Å². The average Bonchev–Trinajstić information content (AvgIpc) is 2.48. The van der Waals surface area contributed by atoms with Crippen LogP contribution in [0.2, 0.25) is 0 Å². The second-order valence-corrected chi connectivity index (χ2v) is 5.47. The van der Waals surface area contributed by atoms with Gasteiger partial charge in [-0.1, -0.05) is 0 Å². The van der Waals surface area contributed by atoms with Crippen LogP contribution in [0.4, 0.5) is 4.39 Å². The summed E-state index contributed by atoms with van der Waals surface area (Å²) in [6, 6.07) is 5.77. The summed E-state index contributed by atoms with van der Waals surface area (Å²) in [7, 11) is 0. The van der Waals surface area contributed by atoms with Crippen LogP contribution in [-0.4, -0.2) is 42.8 Å². The van der Waals surface area contributed by atoms with Gasteiger partial charge in [-0.3, -0.25) is 9.59 Å². The predicted molar refractivity (Wildman–Crippen MR) is 78.6 cm³/mol. The van der Waals surface area contributed by atoms with E-state index in [2.05, 4.69) is 10.2 Å². The summed E-state index contributed by atoms with van der Waals surface area (Å²) >= 11 is 0. The molecule has 114 valence electrons. The van der Waals surface area contributed by atoms with Crippen LogP contribution in [0.25, 0.3) is 0 Å². The highest BCUT2D eigenvalue weighted by Gasteiger charge is 2.25. The highest BCUT2D eigenvalue weighted by Crippen LogP contribution is 2.21. The standard InChI is InChI=1S/C16H21FN2O2/c1-12(20)18-8-11-19-9-6-14(7-10-19)16(21)13-2-4-15(17)5-3-13/h2-5,14H,6-11H2,1H3,(H,18,20). The Morgan fingerprint density at radius 2 is 1.86 bits per heavy atom. The van der Waals surface area contributed by atoms with Gasteiger partial charge in [0.2, 0.25) is 5.91 Å². The number of amides is 1. The number of hydrogen-bond donors (Lipinski definition) is 1. The SMILES string of the molecule is CC(=O)NCCN1CCC(C(=O)c2ccc(F)cc2)CC1. The number of rotatable bonds is 5. The molecule has 1 fully saturated rings. The van der Waals surface area contributed by atoms with E-state index >= 15 is 0 Å². The molecule has 0 atom stereocenters. The van der Waals surface area contributed by atoms with Crippen LogP contribution in [0.1, 0.15) is 30.1 Å². The van der Waals surface area contributed by atoms with Crippen molar-refractivity contribution < 1.29 is 14.0 Å². The van der Waals surface area contributed by atoms with Crippen molar-refractivity contribution in [1.82, 2.24) is 10.2 Å². The van der Waals surface area contributed by atoms with Crippen molar-refractivity contribution in [3.05, 3.63) is 35.6 Å². The fourth-order valence-corrected chi connectivity index (χ4v) is 2.66. The van der Waals surface area contributed by atoms with Crippen molar-refractivity contribution >= 4 is 11.7 Å². The van der Waals surface area contributed by atoms with Gasteiger partial charge in [0, 0.05) is 31.5 Å². The van der Waals surface area contributed by atoms with E-state index in [1.807, 2.05) is 0 Å². The molecule has 1 amide bonds. The smallest absolute Gasteiger partial charge is 0.216 e. The van der Waals surface area contributed by atoms with Gasteiger partial charge in [-0.05, 0) is 50.2 Å². The van der Waals surface area contributed by atoms with E-state index in [4.69, 9.17) is 0 Å². The van der Waals surface area contributed by atoms with E-state index in [0.29, 0.717) is 12.1 Å². The molecule has 0 spiro atoms. The summed E-state index contributed by atoms with van der Waals surface area (Å²) in [5, 5.41) is 2.77. The summed E-state index contributed by atoms with van der Waals surface area (Å²) in [5.74, 6) is -0.209. The minimum Gasteiger partial charge on any atom is -0.355 e. The topological polar surface area (TPSA) is 49.4 Å². The number of piperidine rings is 1. The second kappa shape index (κ2) is 7.31. The van der Waals surface area contributed by atoms with Gasteiger partial charge < -0.3 is 10.2 Å². The number of carbonyl (C=O) groups is 2. The second-order valence-electron chi connectivity index (χ2n) is 5.47. The third-order valence-corrected chi connectivity index (χ3v) is 3.89. The number of halogens is 1. The van der Waals surface area contributed by atoms with E-state index in [9.17, 15) is 14.0 Å². The average molecular weight is 292 g/mol. The van der Waals surface area contributed by atoms with Gasteiger partial charge in [-0.25, -0.2) is 4.39 Å². The van der Waals surface area contributed by atoms with Crippen molar-refractivity contribution in [2.45, 2.75) is 19.8 Å². The van der Waals surface area contributed by atoms with Crippen molar-refractivity contribution in [2.24, 2.45) is 5.92 Å². The maximum absolute atomic E-state index is 12.9. The number of ketones is 1. The zero-order valence-corrected chi connectivity index (χ0v) is 12.3. The van der Waals surface area contributed by atoms with Crippen molar-refractivity contribution in [3.8, 4) is 0 Å². The van der Waals surface area contributed by atoms with Crippen LogP contribution in [0.15, 0.2) is 24.3 Å². The van der Waals surface area contributed by atoms with E-state index in [-0.39, 0.29) is 23.4 Å². The molecule has 1 aromatic rings. The molecule has 0 aromatic heterocycles. The molecule has 1 aliphatic rings. The fourth-order valence-electron chi connectivity index (χ4n) is 2.66. The Balaban J connectivity index is 1.79. The minimum absolute atomic E-state index is 0.0172. The van der Waals surface area contributed by atoms with Crippen molar-refractivity contribution in [1.29, 1.82) is 0 Å². The fraction of sp³-hybridized carbons (Fsp3) is 0.500. The monoisotopic (exact) mass is 292 g/mol. The molecule has 0 radical (unpaired) electrons. The van der Waals surface area contributed by atoms with Gasteiger partial charge in [-0.15, -0.1) is 0 Å². The van der Waals surface area contributed by atoms with Crippen molar-refractivity contribution in [3.63, 3.8) is 0 Å². The number of nitrogens with one attached hydrogen (secondary N) is 1. The first-order valence-electron chi connectivity index (χ1n) is 7.33. The van der Waals surface area contributed by atoms with Gasteiger partial charge in [0.1, 0.15) is 5.82 Å². The molecule has 0 unspecified atom stereocenters. The molecule has 1 heterocycles. The largest absolute Gasteiger partial charge is 0.355 e. The Morgan fingerprint density at radius 3 is 2.43 bits per heavy atom. The number of Topliss-reactive ketones (excluding diaryl/α,β-unsaturated/α-hetero) is 1. The number of carbonyl (C=O) groups excluding carboxylic acids is 2. The summed E-state index contributed by atoms with van der Waals surface area (Å²) in [4.78, 5) is 25.4. The first-order valence-corrected chi connectivity index (χ1v) is 7.33. The van der Waals surface area contributed by atoms with Crippen LogP contribution in [0, 0.1) is 11.7 Å². The summed E-state index contributed by atoms with van der Waals surface area (Å²) in [5.41, 5.74) is 0.591. The lowest BCUT2D eigenvalue weighted by Crippen LogP contribution is -2.40. The first kappa shape index (κ1) is 15.6. The summed E-state index contributed by atoms with van der Waals surface area (Å²) in [6.07, 6.45) is 1.63. The zero-order valence-electron chi connectivity index (χ0n) is 12.3. The van der Waals surface area contributed by atoms with Crippen LogP contribution in [0.3, 0.4) is 0 Å². The lowest BCUT2D eigenvalue weighted by atomic mass is 9.89. The first-order chi connectivity index (χ1) is 10.1. The van der Waals surface area contributed by atoms with Crippen LogP contribution in [-0.2, 0) is 4.79 Å². The molecule has 0 aliphatic carbocycles. The third kappa shape index (κ3) is 4.63. The lowest BCUT2D eigenvalue weighted by Gasteiger charge is -2.31. The Bertz CT molecular complexity index is 494. The third-order valence-electron chi connectivity index (χ3n) is 3.89. The van der Waals surface area contributed by atoms with Gasteiger partial charge in [0.25, 0.3) is 0 Å². The Hall–Kier alpha value is -1.75. The Labute approximate surface area is 124 Å². The van der Waals surface area contributed by atoms with Gasteiger partial charge in [0.15, 0.2) is 5.78 Å². The number of hydrogen-bond acceptors (Lipinski definition) is 3. The molecular weight excluding hydrogens is 271 g/mol. The predicted octanol–water partition coefficient (Wildman–Crippen LogP) is 1.86. The highest BCUT2D eigenvalue weighted by molar-refractivity contribution is 5.97. The van der Waals surface area contributed by atoms with E-state index in [0.717, 1.165) is 32.5 Å². The molecule has 1 saturated heterocycles. The molecule has 0 saturated carbocycles. The van der Waals surface area contributed by atoms with Gasteiger partial charge in [0.05, 0.1) is 0 Å². The number of nitrogens with zero attached hydrogens (tertiary/aromatic N) is 1. The molecular formula is C16H21FN2O2. The molecule has 1 N–H and O–H groups in total. The molecule has 1 aliphatic heterocycles. The summed E-state index contributed by atoms with van der Waals surface area (Å²) in [6.45, 7) is 4.69. The van der Waals surface area contributed by atoms with E-state index in [1.54, 1.807) is 12.1 Å². The van der Waals surface area contributed by atoms with E-state index < -0.39 is 0 Å². The normalized spacial score (nSPS) is 16.7. The van der Waals surface area contributed by atoms with Gasteiger partial charge in [-0.2, -0.15) is 0 Å². The molecule has 4 nitrogen and oxygen atoms in total. The van der Waals surface area contributed by atoms with Crippen LogP contribution in [0.5, 0.6) is 0 Å². The minimum atomic E-state index is -0.320. The number of likely N-dealkylation sites (tertiary alicyclic amines) is 1. The Morgan fingerprint density at radius 1 is 1.24 bits per heavy atom. The zero-order chi connectivity index (χ0) is 15.2. The maximum atomic E-state index is 12.9. The molecule has 2 rings (SSSR count). The lowest BCUT2D eigenvalue weighted by molar-refractivity contribution is -0.119.